The van der Waals surface area contributed by atoms with E-state index in [0.29, 0.717) is 6.04 Å². The van der Waals surface area contributed by atoms with E-state index in [4.69, 9.17) is 4.74 Å². The third-order valence-corrected chi connectivity index (χ3v) is 5.61. The first-order valence-corrected chi connectivity index (χ1v) is 10.3. The SMILES string of the molecule is CC(CC1CCCN1C(=O)OC(C)(C)C)NCCC(C)S(C)=O. The highest BCUT2D eigenvalue weighted by molar-refractivity contribution is 7.84. The second-order valence-corrected chi connectivity index (χ2v) is 9.46. The van der Waals surface area contributed by atoms with Gasteiger partial charge in [-0.3, -0.25) is 4.21 Å². The van der Waals surface area contributed by atoms with Gasteiger partial charge in [-0.1, -0.05) is 6.92 Å². The van der Waals surface area contributed by atoms with Crippen molar-refractivity contribution in [3.63, 3.8) is 0 Å². The quantitative estimate of drug-likeness (QED) is 0.770. The molecule has 0 radical (unpaired) electrons. The molecule has 23 heavy (non-hydrogen) atoms. The molecule has 4 atom stereocenters. The molecule has 1 rings (SSSR count). The smallest absolute Gasteiger partial charge is 0.410 e. The summed E-state index contributed by atoms with van der Waals surface area (Å²) in [6.45, 7) is 11.5. The largest absolute Gasteiger partial charge is 0.444 e. The van der Waals surface area contributed by atoms with Crippen LogP contribution in [0.4, 0.5) is 4.79 Å². The number of nitrogens with zero attached hydrogens (tertiary/aromatic N) is 1. The molecule has 136 valence electrons. The van der Waals surface area contributed by atoms with Gasteiger partial charge < -0.3 is 15.0 Å². The van der Waals surface area contributed by atoms with Gasteiger partial charge in [-0.05, 0) is 59.9 Å². The van der Waals surface area contributed by atoms with Crippen LogP contribution in [0.15, 0.2) is 0 Å². The summed E-state index contributed by atoms with van der Waals surface area (Å²) in [6, 6.07) is 0.589. The van der Waals surface area contributed by atoms with Crippen LogP contribution < -0.4 is 5.32 Å². The van der Waals surface area contributed by atoms with E-state index in [1.165, 1.54) is 0 Å². The molecule has 1 aliphatic rings. The zero-order valence-electron chi connectivity index (χ0n) is 15.6. The lowest BCUT2D eigenvalue weighted by molar-refractivity contribution is 0.0214. The van der Waals surface area contributed by atoms with Crippen LogP contribution in [0.1, 0.15) is 60.3 Å². The molecule has 0 bridgehead atoms. The molecule has 5 nitrogen and oxygen atoms in total. The minimum atomic E-state index is -0.760. The Labute approximate surface area is 144 Å². The molecule has 0 spiro atoms. The molecule has 0 aromatic carbocycles. The van der Waals surface area contributed by atoms with Gasteiger partial charge in [-0.25, -0.2) is 4.79 Å². The van der Waals surface area contributed by atoms with Crippen LogP contribution in [0.3, 0.4) is 0 Å². The van der Waals surface area contributed by atoms with E-state index in [1.54, 1.807) is 6.26 Å². The molecule has 1 fully saturated rings. The summed E-state index contributed by atoms with van der Waals surface area (Å²) in [5, 5.41) is 3.71. The van der Waals surface area contributed by atoms with Crippen LogP contribution in [0.2, 0.25) is 0 Å². The summed E-state index contributed by atoms with van der Waals surface area (Å²) >= 11 is 0. The molecule has 1 aliphatic heterocycles. The van der Waals surface area contributed by atoms with Gasteiger partial charge in [0.05, 0.1) is 0 Å². The Morgan fingerprint density at radius 2 is 2.04 bits per heavy atom. The van der Waals surface area contributed by atoms with Gasteiger partial charge in [-0.15, -0.1) is 0 Å². The van der Waals surface area contributed by atoms with E-state index in [-0.39, 0.29) is 17.4 Å². The van der Waals surface area contributed by atoms with Crippen LogP contribution >= 0.6 is 0 Å². The lowest BCUT2D eigenvalue weighted by atomic mass is 10.1. The zero-order valence-corrected chi connectivity index (χ0v) is 16.4. The second kappa shape index (κ2) is 9.02. The molecular formula is C17H34N2O3S. The predicted octanol–water partition coefficient (Wildman–Crippen LogP) is 2.91. The number of amides is 1. The van der Waals surface area contributed by atoms with Gasteiger partial charge in [-0.2, -0.15) is 0 Å². The lowest BCUT2D eigenvalue weighted by Crippen LogP contribution is -2.42. The highest BCUT2D eigenvalue weighted by atomic mass is 32.2. The molecule has 1 saturated heterocycles. The van der Waals surface area contributed by atoms with Crippen LogP contribution in [-0.2, 0) is 15.5 Å². The van der Waals surface area contributed by atoms with Gasteiger partial charge in [0.2, 0.25) is 0 Å². The van der Waals surface area contributed by atoms with Crippen LogP contribution in [-0.4, -0.2) is 57.5 Å². The highest BCUT2D eigenvalue weighted by Gasteiger charge is 2.32. The summed E-state index contributed by atoms with van der Waals surface area (Å²) in [5.74, 6) is 0. The van der Waals surface area contributed by atoms with E-state index in [9.17, 15) is 9.00 Å². The van der Waals surface area contributed by atoms with Gasteiger partial charge >= 0.3 is 6.09 Å². The molecule has 1 N–H and O–H groups in total. The molecule has 1 heterocycles. The predicted molar refractivity (Wildman–Crippen MR) is 96.2 cm³/mol. The Morgan fingerprint density at radius 3 is 2.61 bits per heavy atom. The van der Waals surface area contributed by atoms with Gasteiger partial charge in [0.25, 0.3) is 0 Å². The molecule has 0 aromatic heterocycles. The van der Waals surface area contributed by atoms with Crippen molar-refractivity contribution in [3.8, 4) is 0 Å². The first kappa shape index (κ1) is 20.4. The van der Waals surface area contributed by atoms with Crippen molar-refractivity contribution in [2.24, 2.45) is 0 Å². The van der Waals surface area contributed by atoms with Crippen LogP contribution in [0.25, 0.3) is 0 Å². The molecule has 0 aliphatic carbocycles. The molecule has 4 unspecified atom stereocenters. The maximum atomic E-state index is 12.3. The maximum Gasteiger partial charge on any atom is 0.410 e. The number of likely N-dealkylation sites (tertiary alicyclic amines) is 1. The lowest BCUT2D eigenvalue weighted by Gasteiger charge is -2.30. The number of ether oxygens (including phenoxy) is 1. The van der Waals surface area contributed by atoms with Crippen molar-refractivity contribution >= 4 is 16.9 Å². The first-order chi connectivity index (χ1) is 10.6. The van der Waals surface area contributed by atoms with Gasteiger partial charge in [0, 0.05) is 40.9 Å². The molecule has 6 heteroatoms. The summed E-state index contributed by atoms with van der Waals surface area (Å²) in [7, 11) is -0.760. The Bertz CT molecular complexity index is 409. The summed E-state index contributed by atoms with van der Waals surface area (Å²) in [5.41, 5.74) is -0.444. The van der Waals surface area contributed by atoms with E-state index >= 15 is 0 Å². The Kier molecular flexibility index (Phi) is 8.01. The number of carbonyl (C=O) groups is 1. The standard InChI is InChI=1S/C17H34N2O3S/c1-13(18-10-9-14(2)23(6)21)12-15-8-7-11-19(15)16(20)22-17(3,4)5/h13-15,18H,7-12H2,1-6H3. The third kappa shape index (κ3) is 7.66. The number of hydrogen-bond acceptors (Lipinski definition) is 4. The zero-order chi connectivity index (χ0) is 17.6. The summed E-state index contributed by atoms with van der Waals surface area (Å²) < 4.78 is 16.9. The number of carbonyl (C=O) groups excluding carboxylic acids is 1. The Hall–Kier alpha value is -0.620. The van der Waals surface area contributed by atoms with Crippen molar-refractivity contribution in [1.82, 2.24) is 10.2 Å². The molecule has 1 amide bonds. The molecule has 0 aromatic rings. The van der Waals surface area contributed by atoms with Gasteiger partial charge in [0.1, 0.15) is 5.60 Å². The summed E-state index contributed by atoms with van der Waals surface area (Å²) in [4.78, 5) is 14.2. The van der Waals surface area contributed by atoms with Crippen LogP contribution in [0, 0.1) is 0 Å². The van der Waals surface area contributed by atoms with Crippen molar-refractivity contribution in [3.05, 3.63) is 0 Å². The highest BCUT2D eigenvalue weighted by Crippen LogP contribution is 2.24. The number of nitrogens with one attached hydrogen (secondary N) is 1. The fourth-order valence-corrected chi connectivity index (χ4v) is 3.28. The Morgan fingerprint density at radius 1 is 1.39 bits per heavy atom. The van der Waals surface area contributed by atoms with Gasteiger partial charge in [0.15, 0.2) is 0 Å². The third-order valence-electron chi connectivity index (χ3n) is 4.24. The maximum absolute atomic E-state index is 12.3. The normalized spacial score (nSPS) is 22.7. The fraction of sp³-hybridized carbons (Fsp3) is 0.941. The van der Waals surface area contributed by atoms with Crippen LogP contribution in [0.5, 0.6) is 0 Å². The topological polar surface area (TPSA) is 58.6 Å². The number of hydrogen-bond donors (Lipinski definition) is 1. The van der Waals surface area contributed by atoms with Crippen molar-refractivity contribution in [2.75, 3.05) is 19.3 Å². The summed E-state index contributed by atoms with van der Waals surface area (Å²) in [6.07, 6.45) is 5.49. The first-order valence-electron chi connectivity index (χ1n) is 8.65. The van der Waals surface area contributed by atoms with E-state index in [0.717, 1.165) is 38.8 Å². The fourth-order valence-electron chi connectivity index (χ4n) is 2.83. The average Bonchev–Trinajstić information content (AvgIpc) is 2.84. The van der Waals surface area contributed by atoms with E-state index < -0.39 is 16.4 Å². The van der Waals surface area contributed by atoms with Crippen molar-refractivity contribution in [1.29, 1.82) is 0 Å². The molecular weight excluding hydrogens is 312 g/mol. The number of rotatable bonds is 7. The monoisotopic (exact) mass is 346 g/mol. The average molecular weight is 347 g/mol. The Balaban J connectivity index is 2.39. The van der Waals surface area contributed by atoms with Crippen molar-refractivity contribution < 1.29 is 13.7 Å². The van der Waals surface area contributed by atoms with Crippen molar-refractivity contribution in [2.45, 2.75) is 83.2 Å². The van der Waals surface area contributed by atoms with E-state index in [1.807, 2.05) is 32.6 Å². The minimum Gasteiger partial charge on any atom is -0.444 e. The molecule has 0 saturated carbocycles. The minimum absolute atomic E-state index is 0.192. The second-order valence-electron chi connectivity index (χ2n) is 7.66. The van der Waals surface area contributed by atoms with E-state index in [2.05, 4.69) is 12.2 Å².